The fourth-order valence-electron chi connectivity index (χ4n) is 6.61. The molecule has 1 aliphatic rings. The molecule has 0 saturated carbocycles. The summed E-state index contributed by atoms with van der Waals surface area (Å²) in [7, 11) is -2.49. The predicted octanol–water partition coefficient (Wildman–Crippen LogP) is 5.52. The number of benzene rings is 2. The number of sulfonamides is 1. The minimum atomic E-state index is -3.97. The summed E-state index contributed by atoms with van der Waals surface area (Å²) < 4.78 is 46.2. The van der Waals surface area contributed by atoms with E-state index in [-0.39, 0.29) is 71.9 Å². The standard InChI is InChI=1S/C40H58N6O9S/c1-26-23-46(27(2)25-47)40(50)32-22-31(42-37(48)17-8-7-9-18-38(49)43-34-16-11-10-15-33(34)41)19-20-35(32)54-28(3)14-12-13-21-53-36(26)24-45(6)56(51,52)39-29(4)44-55-30(39)5/h10-11,15-16,19-20,22,26-28,36,47H,7-9,12-14,17-18,21,23-25,41H2,1-6H3,(H,42,48)(H,43,49)/t26-,27+,28+,36-/m0/s1. The molecular weight excluding hydrogens is 741 g/mol. The van der Waals surface area contributed by atoms with Gasteiger partial charge < -0.3 is 40.4 Å². The van der Waals surface area contributed by atoms with Crippen LogP contribution in [0.2, 0.25) is 0 Å². The van der Waals surface area contributed by atoms with Crippen molar-refractivity contribution in [3.8, 4) is 5.75 Å². The van der Waals surface area contributed by atoms with Gasteiger partial charge in [0.2, 0.25) is 21.8 Å². The molecule has 0 fully saturated rings. The Labute approximate surface area is 330 Å². The molecule has 2 aromatic carbocycles. The number of aliphatic hydroxyl groups is 1. The molecule has 16 heteroatoms. The van der Waals surface area contributed by atoms with Gasteiger partial charge in [-0.3, -0.25) is 14.4 Å². The second-order valence-electron chi connectivity index (χ2n) is 14.7. The van der Waals surface area contributed by atoms with E-state index in [1.807, 2.05) is 13.8 Å². The van der Waals surface area contributed by atoms with Crippen molar-refractivity contribution in [2.45, 2.75) is 109 Å². The van der Waals surface area contributed by atoms with Crippen molar-refractivity contribution >= 4 is 44.8 Å². The van der Waals surface area contributed by atoms with Crippen molar-refractivity contribution in [1.82, 2.24) is 14.4 Å². The van der Waals surface area contributed by atoms with E-state index in [0.717, 1.165) is 6.42 Å². The summed E-state index contributed by atoms with van der Waals surface area (Å²) in [6.45, 7) is 8.86. The first kappa shape index (κ1) is 44.2. The summed E-state index contributed by atoms with van der Waals surface area (Å²) in [5.74, 6) is -0.617. The van der Waals surface area contributed by atoms with Crippen LogP contribution < -0.4 is 21.1 Å². The number of aliphatic hydroxyl groups excluding tert-OH is 1. The summed E-state index contributed by atoms with van der Waals surface area (Å²) in [4.78, 5) is 41.4. The Morgan fingerprint density at radius 1 is 1.05 bits per heavy atom. The number of fused-ring (bicyclic) bond motifs is 1. The van der Waals surface area contributed by atoms with Crippen molar-refractivity contribution in [2.75, 3.05) is 49.7 Å². The molecule has 0 aliphatic carbocycles. The van der Waals surface area contributed by atoms with Crippen LogP contribution in [0.3, 0.4) is 0 Å². The Morgan fingerprint density at radius 2 is 1.75 bits per heavy atom. The topological polar surface area (TPSA) is 207 Å². The van der Waals surface area contributed by atoms with Gasteiger partial charge in [-0.2, -0.15) is 4.31 Å². The molecule has 0 bridgehead atoms. The number of hydrogen-bond donors (Lipinski definition) is 4. The van der Waals surface area contributed by atoms with E-state index in [0.29, 0.717) is 67.9 Å². The molecule has 1 aliphatic heterocycles. The molecule has 1 aromatic heterocycles. The molecule has 0 saturated heterocycles. The number of amides is 3. The van der Waals surface area contributed by atoms with E-state index in [1.165, 1.54) is 16.3 Å². The number of carbonyl (C=O) groups excluding carboxylic acids is 3. The molecule has 0 unspecified atom stereocenters. The molecule has 15 nitrogen and oxygen atoms in total. The van der Waals surface area contributed by atoms with Gasteiger partial charge >= 0.3 is 0 Å². The van der Waals surface area contributed by atoms with Crippen molar-refractivity contribution in [2.24, 2.45) is 5.92 Å². The minimum Gasteiger partial charge on any atom is -0.490 e. The second-order valence-corrected chi connectivity index (χ2v) is 16.7. The lowest BCUT2D eigenvalue weighted by molar-refractivity contribution is -0.116. The second kappa shape index (κ2) is 20.6. The van der Waals surface area contributed by atoms with E-state index in [9.17, 15) is 27.9 Å². The van der Waals surface area contributed by atoms with Gasteiger partial charge in [0.1, 0.15) is 16.3 Å². The van der Waals surface area contributed by atoms with E-state index in [1.54, 1.807) is 63.2 Å². The van der Waals surface area contributed by atoms with Crippen LogP contribution in [0.15, 0.2) is 51.9 Å². The van der Waals surface area contributed by atoms with Crippen LogP contribution in [-0.2, 0) is 24.3 Å². The Bertz CT molecular complexity index is 1880. The third kappa shape index (κ3) is 12.0. The van der Waals surface area contributed by atoms with Crippen molar-refractivity contribution in [3.05, 3.63) is 59.5 Å². The van der Waals surface area contributed by atoms with Gasteiger partial charge in [0.15, 0.2) is 5.76 Å². The molecule has 0 radical (unpaired) electrons. The third-order valence-electron chi connectivity index (χ3n) is 9.95. The molecule has 308 valence electrons. The zero-order valence-corrected chi connectivity index (χ0v) is 34.2. The van der Waals surface area contributed by atoms with Gasteiger partial charge in [0, 0.05) is 51.2 Å². The Balaban J connectivity index is 1.47. The number of ether oxygens (including phenoxy) is 2. The summed E-state index contributed by atoms with van der Waals surface area (Å²) in [6, 6.07) is 11.4. The number of aryl methyl sites for hydroxylation is 2. The van der Waals surface area contributed by atoms with Gasteiger partial charge in [-0.05, 0) is 90.1 Å². The van der Waals surface area contributed by atoms with Crippen LogP contribution in [0, 0.1) is 19.8 Å². The highest BCUT2D eigenvalue weighted by Gasteiger charge is 2.34. The molecule has 2 heterocycles. The fourth-order valence-corrected chi connectivity index (χ4v) is 8.07. The van der Waals surface area contributed by atoms with E-state index >= 15 is 0 Å². The molecule has 3 aromatic rings. The molecule has 56 heavy (non-hydrogen) atoms. The highest BCUT2D eigenvalue weighted by Crippen LogP contribution is 2.30. The smallest absolute Gasteiger partial charge is 0.258 e. The van der Waals surface area contributed by atoms with Crippen LogP contribution in [0.5, 0.6) is 5.75 Å². The lowest BCUT2D eigenvalue weighted by Gasteiger charge is -2.35. The molecule has 3 amide bonds. The SMILES string of the molecule is Cc1noc(C)c1S(=O)(=O)N(C)C[C@@H]1OCCCC[C@@H](C)Oc2ccc(NC(=O)CCCCCC(=O)Nc3ccccc3N)cc2C(=O)N([C@H](C)CO)C[C@@H]1C. The van der Waals surface area contributed by atoms with Crippen molar-refractivity contribution in [1.29, 1.82) is 0 Å². The Hall–Kier alpha value is -4.51. The molecule has 5 N–H and O–H groups in total. The summed E-state index contributed by atoms with van der Waals surface area (Å²) in [5, 5.41) is 19.8. The largest absolute Gasteiger partial charge is 0.490 e. The number of nitrogens with two attached hydrogens (primary N) is 1. The maximum Gasteiger partial charge on any atom is 0.258 e. The predicted molar refractivity (Wildman–Crippen MR) is 214 cm³/mol. The van der Waals surface area contributed by atoms with Crippen LogP contribution in [0.25, 0.3) is 0 Å². The average Bonchev–Trinajstić information content (AvgIpc) is 3.51. The maximum absolute atomic E-state index is 14.5. The number of rotatable bonds is 14. The first-order valence-electron chi connectivity index (χ1n) is 19.3. The first-order chi connectivity index (χ1) is 26.6. The van der Waals surface area contributed by atoms with Gasteiger partial charge in [0.05, 0.1) is 41.8 Å². The van der Waals surface area contributed by atoms with Crippen molar-refractivity contribution < 1.29 is 41.9 Å². The number of hydrogen-bond acceptors (Lipinski definition) is 11. The van der Waals surface area contributed by atoms with Crippen molar-refractivity contribution in [3.63, 3.8) is 0 Å². The Kier molecular flexibility index (Phi) is 16.3. The van der Waals surface area contributed by atoms with Crippen LogP contribution in [-0.4, -0.2) is 97.2 Å². The van der Waals surface area contributed by atoms with E-state index < -0.39 is 28.1 Å². The third-order valence-corrected chi connectivity index (χ3v) is 12.0. The molecule has 4 atom stereocenters. The lowest BCUT2D eigenvalue weighted by Crippen LogP contribution is -2.48. The number of aromatic nitrogens is 1. The quantitative estimate of drug-likeness (QED) is 0.118. The zero-order valence-electron chi connectivity index (χ0n) is 33.4. The number of unbranched alkanes of at least 4 members (excludes halogenated alkanes) is 2. The number of para-hydroxylation sites is 2. The summed E-state index contributed by atoms with van der Waals surface area (Å²) >= 11 is 0. The minimum absolute atomic E-state index is 0.00534. The number of anilines is 3. The first-order valence-corrected chi connectivity index (χ1v) is 20.7. The average molecular weight is 799 g/mol. The van der Waals surface area contributed by atoms with Gasteiger partial charge in [-0.1, -0.05) is 30.6 Å². The number of nitrogen functional groups attached to an aromatic ring is 1. The number of likely N-dealkylation sites (N-methyl/N-ethyl adjacent to an activating group) is 1. The van der Waals surface area contributed by atoms with Crippen LogP contribution in [0.1, 0.15) is 93.9 Å². The van der Waals surface area contributed by atoms with E-state index in [2.05, 4.69) is 15.8 Å². The number of nitrogens with zero attached hydrogens (tertiary/aromatic N) is 3. The summed E-state index contributed by atoms with van der Waals surface area (Å²) in [6.07, 6.45) is 3.66. The van der Waals surface area contributed by atoms with E-state index in [4.69, 9.17) is 19.7 Å². The molecular formula is C40H58N6O9S. The summed E-state index contributed by atoms with van der Waals surface area (Å²) in [5.41, 5.74) is 7.87. The van der Waals surface area contributed by atoms with Crippen LogP contribution in [0.4, 0.5) is 17.1 Å². The monoisotopic (exact) mass is 798 g/mol. The lowest BCUT2D eigenvalue weighted by atomic mass is 10.0. The Morgan fingerprint density at radius 3 is 2.41 bits per heavy atom. The number of carbonyl (C=O) groups is 3. The number of nitrogens with one attached hydrogen (secondary N) is 2. The highest BCUT2D eigenvalue weighted by atomic mass is 32.2. The maximum atomic E-state index is 14.5. The van der Waals surface area contributed by atoms with Crippen LogP contribution >= 0.6 is 0 Å². The van der Waals surface area contributed by atoms with Gasteiger partial charge in [-0.15, -0.1) is 0 Å². The van der Waals surface area contributed by atoms with Gasteiger partial charge in [0.25, 0.3) is 5.91 Å². The van der Waals surface area contributed by atoms with Gasteiger partial charge in [-0.25, -0.2) is 8.42 Å². The highest BCUT2D eigenvalue weighted by molar-refractivity contribution is 7.89. The molecule has 0 spiro atoms. The molecule has 4 rings (SSSR count). The normalized spacial score (nSPS) is 19.1. The fraction of sp³-hybridized carbons (Fsp3) is 0.550. The zero-order chi connectivity index (χ0) is 41.0.